The van der Waals surface area contributed by atoms with E-state index in [1.165, 1.54) is 105 Å². The monoisotopic (exact) mass is 1000 g/mol. The highest BCUT2D eigenvalue weighted by atomic mass is 15.2. The average Bonchev–Trinajstić information content (AvgIpc) is 4.09. The first-order chi connectivity index (χ1) is 38.0. The second-order valence-corrected chi connectivity index (χ2v) is 23.7. The Morgan fingerprint density at radius 2 is 0.859 bits per heavy atom. The van der Waals surface area contributed by atoms with E-state index < -0.39 is 0 Å². The number of hydrogen-bond acceptors (Lipinski definition) is 2. The zero-order valence-electron chi connectivity index (χ0n) is 45.0. The molecule has 0 saturated carbocycles. The van der Waals surface area contributed by atoms with E-state index in [0.717, 1.165) is 28.4 Å². The second kappa shape index (κ2) is 17.2. The first-order valence-corrected chi connectivity index (χ1v) is 27.7. The van der Waals surface area contributed by atoms with Gasteiger partial charge < -0.3 is 18.8 Å². The van der Waals surface area contributed by atoms with Crippen LogP contribution >= 0.6 is 0 Å². The van der Waals surface area contributed by atoms with E-state index >= 15 is 0 Å². The molecule has 4 heteroatoms. The summed E-state index contributed by atoms with van der Waals surface area (Å²) in [5.74, 6) is 0.146. The highest BCUT2D eigenvalue weighted by Gasteiger charge is 2.39. The molecule has 3 aromatic heterocycles. The van der Waals surface area contributed by atoms with Crippen molar-refractivity contribution in [3.63, 3.8) is 0 Å². The summed E-state index contributed by atoms with van der Waals surface area (Å²) in [7, 11) is 0. The van der Waals surface area contributed by atoms with E-state index in [2.05, 4.69) is 303 Å². The van der Waals surface area contributed by atoms with Gasteiger partial charge in [-0.1, -0.05) is 218 Å². The summed E-state index contributed by atoms with van der Waals surface area (Å²) in [5, 5.41) is 7.59. The zero-order valence-corrected chi connectivity index (χ0v) is 45.0. The Morgan fingerprint density at radius 1 is 0.372 bits per heavy atom. The summed E-state index contributed by atoms with van der Waals surface area (Å²) in [5.41, 5.74) is 22.0. The van der Waals surface area contributed by atoms with Crippen molar-refractivity contribution >= 4 is 94.0 Å². The van der Waals surface area contributed by atoms with E-state index in [1.807, 2.05) is 0 Å². The van der Waals surface area contributed by atoms with Crippen LogP contribution in [0.15, 0.2) is 243 Å². The van der Waals surface area contributed by atoms with Gasteiger partial charge in [0.15, 0.2) is 0 Å². The van der Waals surface area contributed by atoms with Crippen molar-refractivity contribution in [2.45, 2.75) is 64.3 Å². The first-order valence-electron chi connectivity index (χ1n) is 27.7. The van der Waals surface area contributed by atoms with Crippen LogP contribution in [0.2, 0.25) is 0 Å². The predicted molar refractivity (Wildman–Crippen MR) is 332 cm³/mol. The topological polar surface area (TPSA) is 15.8 Å². The lowest BCUT2D eigenvalue weighted by atomic mass is 9.86. The molecule has 13 aromatic rings. The number of anilines is 6. The van der Waals surface area contributed by atoms with Crippen molar-refractivity contribution in [2.24, 2.45) is 0 Å². The number of hydrogen-bond donors (Lipinski definition) is 0. The molecule has 78 heavy (non-hydrogen) atoms. The SMILES string of the molecule is CC(C)(C)c1ccc(N(c2ccccc2-c2ccccc2)c2ccc3c4cc5c(cc4n4c3c2C2C=CC=CC24)c2ccc(N(c3ccc(C(C)(C)C)cc3)c3ccccc3-c3ccccc3)c3c4ccccc4n5c23)cc1. The first kappa shape index (κ1) is 46.2. The van der Waals surface area contributed by atoms with Gasteiger partial charge in [-0.3, -0.25) is 0 Å². The number of nitrogens with zero attached hydrogens (tertiary/aromatic N) is 4. The van der Waals surface area contributed by atoms with Crippen LogP contribution in [-0.4, -0.2) is 8.97 Å². The summed E-state index contributed by atoms with van der Waals surface area (Å²) in [6.07, 6.45) is 9.38. The Kier molecular flexibility index (Phi) is 10.2. The number of fused-ring (bicyclic) bond motifs is 12. The van der Waals surface area contributed by atoms with Crippen LogP contribution in [0, 0.1) is 0 Å². The Labute approximate surface area is 456 Å². The maximum absolute atomic E-state index is 2.68. The summed E-state index contributed by atoms with van der Waals surface area (Å²) in [4.78, 5) is 5.05. The van der Waals surface area contributed by atoms with Crippen LogP contribution < -0.4 is 9.80 Å². The number of allylic oxidation sites excluding steroid dienone is 4. The number of benzene rings is 10. The molecule has 0 fully saturated rings. The van der Waals surface area contributed by atoms with Crippen LogP contribution in [0.5, 0.6) is 0 Å². The minimum absolute atomic E-state index is 0.0246. The lowest BCUT2D eigenvalue weighted by Crippen LogP contribution is -2.16. The molecule has 4 heterocycles. The molecule has 0 radical (unpaired) electrons. The smallest absolute Gasteiger partial charge is 0.0641 e. The molecule has 0 bridgehead atoms. The van der Waals surface area contributed by atoms with Gasteiger partial charge in [-0.15, -0.1) is 0 Å². The minimum Gasteiger partial charge on any atom is -0.332 e. The van der Waals surface area contributed by atoms with Gasteiger partial charge >= 0.3 is 0 Å². The Bertz CT molecular complexity index is 4560. The summed E-state index contributed by atoms with van der Waals surface area (Å²) < 4.78 is 5.25. The molecule has 10 aromatic carbocycles. The highest BCUT2D eigenvalue weighted by Crippen LogP contribution is 2.57. The number of rotatable bonds is 8. The summed E-state index contributed by atoms with van der Waals surface area (Å²) in [6.45, 7) is 13.8. The lowest BCUT2D eigenvalue weighted by Gasteiger charge is -2.31. The fraction of sp³-hybridized carbons (Fsp3) is 0.135. The third-order valence-electron chi connectivity index (χ3n) is 17.1. The van der Waals surface area contributed by atoms with Crippen LogP contribution in [0.3, 0.4) is 0 Å². The predicted octanol–water partition coefficient (Wildman–Crippen LogP) is 20.6. The van der Waals surface area contributed by atoms with Gasteiger partial charge in [0.2, 0.25) is 0 Å². The molecule has 15 rings (SSSR count). The van der Waals surface area contributed by atoms with Gasteiger partial charge in [0.05, 0.1) is 56.4 Å². The molecule has 1 aliphatic heterocycles. The number of aromatic nitrogens is 2. The van der Waals surface area contributed by atoms with Crippen molar-refractivity contribution in [1.29, 1.82) is 0 Å². The van der Waals surface area contributed by atoms with E-state index in [0.29, 0.717) is 0 Å². The molecule has 0 saturated heterocycles. The van der Waals surface area contributed by atoms with Gasteiger partial charge in [-0.2, -0.15) is 0 Å². The van der Waals surface area contributed by atoms with Crippen LogP contribution in [0.25, 0.3) is 82.2 Å². The molecule has 2 unspecified atom stereocenters. The third kappa shape index (κ3) is 6.92. The summed E-state index contributed by atoms with van der Waals surface area (Å²) in [6, 6.07) is 82.0. The summed E-state index contributed by atoms with van der Waals surface area (Å²) >= 11 is 0. The standard InChI is InChI=1S/C74H60N4/c1-73(2,3)49-33-37-51(38-34-49)75(61-29-17-13-25-53(61)47-21-9-7-10-22-47)65-43-41-55-59-45-68-60(46-67(59)77-63-31-19-15-27-57(63)69(65)71(55)77)56-42-44-66(70-58-28-16-20-32-64(58)78(68)72(56)70)76(52-39-35-50(36-40-52)74(4,5)6)62-30-18-14-26-54(62)48-23-11-8-12-24-48/h7-46,57,63H,1-6H3. The lowest BCUT2D eigenvalue weighted by molar-refractivity contribution is 0.590. The van der Waals surface area contributed by atoms with Crippen molar-refractivity contribution in [3.8, 4) is 22.3 Å². The molecule has 2 atom stereocenters. The van der Waals surface area contributed by atoms with E-state index in [9.17, 15) is 0 Å². The molecule has 376 valence electrons. The van der Waals surface area contributed by atoms with E-state index in [4.69, 9.17) is 0 Å². The zero-order chi connectivity index (χ0) is 52.6. The van der Waals surface area contributed by atoms with Crippen molar-refractivity contribution in [2.75, 3.05) is 9.80 Å². The Hall–Kier alpha value is -9.12. The molecule has 2 aliphatic rings. The van der Waals surface area contributed by atoms with Gasteiger partial charge in [0.25, 0.3) is 0 Å². The van der Waals surface area contributed by atoms with E-state index in [-0.39, 0.29) is 22.8 Å². The maximum Gasteiger partial charge on any atom is 0.0641 e. The molecule has 0 amide bonds. The Balaban J connectivity index is 0.985. The number of para-hydroxylation sites is 3. The van der Waals surface area contributed by atoms with Gasteiger partial charge in [0.1, 0.15) is 0 Å². The minimum atomic E-state index is 0.0246. The Morgan fingerprint density at radius 3 is 1.46 bits per heavy atom. The van der Waals surface area contributed by atoms with Crippen molar-refractivity contribution < 1.29 is 0 Å². The van der Waals surface area contributed by atoms with Crippen LogP contribution in [-0.2, 0) is 10.8 Å². The molecular formula is C74H60N4. The van der Waals surface area contributed by atoms with Gasteiger partial charge in [0, 0.05) is 66.3 Å². The van der Waals surface area contributed by atoms with Gasteiger partial charge in [-0.25, -0.2) is 0 Å². The normalized spacial score (nSPS) is 15.2. The van der Waals surface area contributed by atoms with Crippen molar-refractivity contribution in [1.82, 2.24) is 8.97 Å². The molecular weight excluding hydrogens is 945 g/mol. The highest BCUT2D eigenvalue weighted by molar-refractivity contribution is 6.29. The molecule has 0 N–H and O–H groups in total. The molecule has 4 nitrogen and oxygen atoms in total. The third-order valence-corrected chi connectivity index (χ3v) is 17.1. The fourth-order valence-electron chi connectivity index (χ4n) is 13.4. The molecule has 1 aliphatic carbocycles. The fourth-order valence-corrected chi connectivity index (χ4v) is 13.4. The quantitative estimate of drug-likeness (QED) is 0.151. The average molecular weight is 1010 g/mol. The largest absolute Gasteiger partial charge is 0.332 e. The van der Waals surface area contributed by atoms with Gasteiger partial charge in [-0.05, 0) is 99.8 Å². The maximum atomic E-state index is 2.68. The second-order valence-electron chi connectivity index (χ2n) is 23.7. The van der Waals surface area contributed by atoms with Crippen LogP contribution in [0.4, 0.5) is 34.1 Å². The van der Waals surface area contributed by atoms with E-state index in [1.54, 1.807) is 0 Å². The molecule has 0 spiro atoms. The van der Waals surface area contributed by atoms with Crippen LogP contribution in [0.1, 0.15) is 70.2 Å². The van der Waals surface area contributed by atoms with Crippen molar-refractivity contribution in [3.05, 3.63) is 259 Å².